The van der Waals surface area contributed by atoms with Gasteiger partial charge in [-0.1, -0.05) is 6.07 Å². The first kappa shape index (κ1) is 36.3. The van der Waals surface area contributed by atoms with Crippen LogP contribution < -0.4 is 18.9 Å². The van der Waals surface area contributed by atoms with Crippen molar-refractivity contribution in [3.05, 3.63) is 47.5 Å². The Bertz CT molecular complexity index is 1090. The minimum atomic E-state index is -0.433. The van der Waals surface area contributed by atoms with Gasteiger partial charge in [0.15, 0.2) is 23.0 Å². The first-order chi connectivity index (χ1) is 22.0. The van der Waals surface area contributed by atoms with Crippen molar-refractivity contribution < 1.29 is 56.9 Å². The first-order valence-corrected chi connectivity index (χ1v) is 15.5. The highest BCUT2D eigenvalue weighted by Crippen LogP contribution is 2.29. The molecule has 0 N–H and O–H groups in total. The van der Waals surface area contributed by atoms with Crippen LogP contribution in [0.25, 0.3) is 0 Å². The summed E-state index contributed by atoms with van der Waals surface area (Å²) in [6, 6.07) is 10.8. The van der Waals surface area contributed by atoms with E-state index in [1.54, 1.807) is 32.0 Å². The monoisotopic (exact) mass is 636 g/mol. The molecule has 3 rings (SSSR count). The van der Waals surface area contributed by atoms with Gasteiger partial charge in [0.25, 0.3) is 0 Å². The molecular formula is C33H48O12. The van der Waals surface area contributed by atoms with Gasteiger partial charge in [0.1, 0.15) is 26.4 Å². The quantitative estimate of drug-likeness (QED) is 0.445. The second kappa shape index (κ2) is 22.4. The molecule has 0 aromatic heterocycles. The minimum Gasteiger partial charge on any atom is -0.487 e. The largest absolute Gasteiger partial charge is 0.487 e. The summed E-state index contributed by atoms with van der Waals surface area (Å²) >= 11 is 0. The van der Waals surface area contributed by atoms with E-state index in [1.807, 2.05) is 25.1 Å². The number of carbonyl (C=O) groups is 1. The summed E-state index contributed by atoms with van der Waals surface area (Å²) in [6.45, 7) is 11.9. The van der Waals surface area contributed by atoms with Crippen molar-refractivity contribution in [2.45, 2.75) is 26.9 Å². The van der Waals surface area contributed by atoms with E-state index >= 15 is 0 Å². The van der Waals surface area contributed by atoms with Crippen molar-refractivity contribution in [1.29, 1.82) is 0 Å². The molecule has 2 aromatic rings. The first-order valence-electron chi connectivity index (χ1n) is 15.5. The molecule has 45 heavy (non-hydrogen) atoms. The number of aryl methyl sites for hydroxylation is 1. The molecule has 0 atom stereocenters. The number of benzene rings is 2. The zero-order valence-electron chi connectivity index (χ0n) is 26.8. The Balaban J connectivity index is 1.46. The number of rotatable bonds is 2. The summed E-state index contributed by atoms with van der Waals surface area (Å²) in [6.07, 6.45) is -0.236. The topological polar surface area (TPSA) is 119 Å². The molecule has 0 aliphatic carbocycles. The number of esters is 1. The van der Waals surface area contributed by atoms with E-state index in [1.165, 1.54) is 0 Å². The highest BCUT2D eigenvalue weighted by molar-refractivity contribution is 5.90. The Hall–Kier alpha value is -3.13. The number of fused-ring (bicyclic) bond motifs is 2. The third-order valence-electron chi connectivity index (χ3n) is 6.05. The van der Waals surface area contributed by atoms with Crippen LogP contribution in [0.1, 0.15) is 29.8 Å². The average molecular weight is 637 g/mol. The van der Waals surface area contributed by atoms with E-state index < -0.39 is 5.97 Å². The molecule has 0 saturated carbocycles. The lowest BCUT2D eigenvalue weighted by molar-refractivity contribution is 0.00247. The van der Waals surface area contributed by atoms with Crippen LogP contribution in [0.15, 0.2) is 36.4 Å². The van der Waals surface area contributed by atoms with Gasteiger partial charge < -0.3 is 52.1 Å². The van der Waals surface area contributed by atoms with Gasteiger partial charge in [-0.3, -0.25) is 0 Å². The molecule has 12 heteroatoms. The Labute approximate surface area is 266 Å². The van der Waals surface area contributed by atoms with Gasteiger partial charge in [0, 0.05) is 0 Å². The number of hydrogen-bond acceptors (Lipinski definition) is 12. The zero-order valence-corrected chi connectivity index (χ0v) is 26.8. The Morgan fingerprint density at radius 1 is 0.511 bits per heavy atom. The maximum absolute atomic E-state index is 12.4. The summed E-state index contributed by atoms with van der Waals surface area (Å²) < 4.78 is 62.5. The van der Waals surface area contributed by atoms with Crippen LogP contribution in [0.4, 0.5) is 0 Å². The summed E-state index contributed by atoms with van der Waals surface area (Å²) in [5.74, 6) is 1.80. The summed E-state index contributed by atoms with van der Waals surface area (Å²) in [4.78, 5) is 12.4. The van der Waals surface area contributed by atoms with Crippen molar-refractivity contribution in [3.63, 3.8) is 0 Å². The van der Waals surface area contributed by atoms with Gasteiger partial charge in [0.2, 0.25) is 0 Å². The Morgan fingerprint density at radius 2 is 0.867 bits per heavy atom. The molecule has 0 bridgehead atoms. The lowest BCUT2D eigenvalue weighted by Crippen LogP contribution is -2.16. The van der Waals surface area contributed by atoms with Crippen LogP contribution in [0.5, 0.6) is 23.0 Å². The van der Waals surface area contributed by atoms with Crippen LogP contribution in [-0.4, -0.2) is 118 Å². The summed E-state index contributed by atoms with van der Waals surface area (Å²) in [5, 5.41) is 0. The SMILES string of the molecule is Cc1ccc2c(c1)OCCOCCOCCOCCOc1ccc(C(=O)OC(C)C)cc1OCCOCCOCCOCCO2. The molecule has 1 aliphatic rings. The highest BCUT2D eigenvalue weighted by Gasteiger charge is 2.14. The predicted molar refractivity (Wildman–Crippen MR) is 165 cm³/mol. The fourth-order valence-corrected chi connectivity index (χ4v) is 3.92. The fraction of sp³-hybridized carbons (Fsp3) is 0.606. The van der Waals surface area contributed by atoms with Gasteiger partial charge in [-0.15, -0.1) is 0 Å². The second-order valence-electron chi connectivity index (χ2n) is 10.1. The van der Waals surface area contributed by atoms with Crippen molar-refractivity contribution in [2.75, 3.05) is 106 Å². The summed E-state index contributed by atoms with van der Waals surface area (Å²) in [5.41, 5.74) is 1.45. The van der Waals surface area contributed by atoms with Gasteiger partial charge >= 0.3 is 5.97 Å². The third kappa shape index (κ3) is 15.6. The Kier molecular flexibility index (Phi) is 18.1. The van der Waals surface area contributed by atoms with E-state index in [2.05, 4.69) is 0 Å². The lowest BCUT2D eigenvalue weighted by atomic mass is 10.2. The molecule has 0 saturated heterocycles. The van der Waals surface area contributed by atoms with Gasteiger partial charge in [-0.05, 0) is 56.7 Å². The molecule has 1 heterocycles. The fourth-order valence-electron chi connectivity index (χ4n) is 3.92. The third-order valence-corrected chi connectivity index (χ3v) is 6.05. The molecule has 252 valence electrons. The van der Waals surface area contributed by atoms with Gasteiger partial charge in [-0.25, -0.2) is 4.79 Å². The Morgan fingerprint density at radius 3 is 1.29 bits per heavy atom. The van der Waals surface area contributed by atoms with E-state index in [0.717, 1.165) is 5.56 Å². The molecular weight excluding hydrogens is 588 g/mol. The van der Waals surface area contributed by atoms with Crippen molar-refractivity contribution in [2.24, 2.45) is 0 Å². The zero-order chi connectivity index (χ0) is 32.0. The molecule has 0 radical (unpaired) electrons. The number of hydrogen-bond donors (Lipinski definition) is 0. The van der Waals surface area contributed by atoms with Gasteiger partial charge in [-0.2, -0.15) is 0 Å². The smallest absolute Gasteiger partial charge is 0.338 e. The minimum absolute atomic E-state index is 0.236. The van der Waals surface area contributed by atoms with Crippen LogP contribution in [0.2, 0.25) is 0 Å². The molecule has 0 spiro atoms. The van der Waals surface area contributed by atoms with E-state index in [9.17, 15) is 4.79 Å². The van der Waals surface area contributed by atoms with Crippen LogP contribution >= 0.6 is 0 Å². The molecule has 1 aliphatic heterocycles. The standard InChI is InChI=1S/C33H48O12/c1-26(2)45-33(34)28-5-7-30-32(25-28)44-23-19-40-15-11-36-8-12-37-16-20-41-29-6-4-27(3)24-31(29)43-22-18-39-14-10-35-9-13-38-17-21-42-30/h4-7,24-26H,8-23H2,1-3H3. The van der Waals surface area contributed by atoms with Crippen LogP contribution in [0.3, 0.4) is 0 Å². The van der Waals surface area contributed by atoms with E-state index in [4.69, 9.17) is 52.1 Å². The second-order valence-corrected chi connectivity index (χ2v) is 10.1. The molecule has 0 unspecified atom stereocenters. The lowest BCUT2D eigenvalue weighted by Gasteiger charge is -2.15. The van der Waals surface area contributed by atoms with Crippen molar-refractivity contribution >= 4 is 5.97 Å². The average Bonchev–Trinajstić information content (AvgIpc) is 3.02. The van der Waals surface area contributed by atoms with Crippen LogP contribution in [0, 0.1) is 6.92 Å². The number of ether oxygens (including phenoxy) is 11. The van der Waals surface area contributed by atoms with E-state index in [-0.39, 0.29) is 12.7 Å². The maximum atomic E-state index is 12.4. The van der Waals surface area contributed by atoms with Crippen LogP contribution in [-0.2, 0) is 33.2 Å². The predicted octanol–water partition coefficient (Wildman–Crippen LogP) is 3.89. The van der Waals surface area contributed by atoms with Gasteiger partial charge in [0.05, 0.1) is 91.0 Å². The molecule has 12 nitrogen and oxygen atoms in total. The number of carbonyl (C=O) groups excluding carboxylic acids is 1. The molecule has 0 fully saturated rings. The molecule has 2 aromatic carbocycles. The summed E-state index contributed by atoms with van der Waals surface area (Å²) in [7, 11) is 0. The van der Waals surface area contributed by atoms with E-state index in [0.29, 0.717) is 128 Å². The van der Waals surface area contributed by atoms with Crippen molar-refractivity contribution in [3.8, 4) is 23.0 Å². The highest BCUT2D eigenvalue weighted by atomic mass is 16.6. The maximum Gasteiger partial charge on any atom is 0.338 e. The molecule has 0 amide bonds. The normalized spacial score (nSPS) is 18.0. The van der Waals surface area contributed by atoms with Crippen molar-refractivity contribution in [1.82, 2.24) is 0 Å².